The summed E-state index contributed by atoms with van der Waals surface area (Å²) >= 11 is 0. The molecule has 1 saturated heterocycles. The highest BCUT2D eigenvalue weighted by atomic mass is 16.2. The molecule has 132 valence electrons. The van der Waals surface area contributed by atoms with E-state index in [0.717, 1.165) is 30.8 Å². The van der Waals surface area contributed by atoms with E-state index in [2.05, 4.69) is 47.7 Å². The second kappa shape index (κ2) is 7.64. The first-order chi connectivity index (χ1) is 12.0. The standard InChI is InChI=1S/C20H26N4O/c1-15(2)24-14-21-22-20(24)18-8-5-11-23(13-18)19(25)10-9-17-7-4-6-16(3)12-17/h4,6-7,9-10,12,14-15,18H,5,8,11,13H2,1-3H3/b10-9+. The van der Waals surface area contributed by atoms with Crippen molar-refractivity contribution in [2.45, 2.75) is 45.6 Å². The first kappa shape index (κ1) is 17.4. The van der Waals surface area contributed by atoms with Crippen LogP contribution in [0, 0.1) is 6.92 Å². The lowest BCUT2D eigenvalue weighted by atomic mass is 9.96. The molecule has 2 aromatic rings. The zero-order valence-electron chi connectivity index (χ0n) is 15.2. The molecule has 0 bridgehead atoms. The predicted octanol–water partition coefficient (Wildman–Crippen LogP) is 3.59. The number of benzene rings is 1. The monoisotopic (exact) mass is 338 g/mol. The van der Waals surface area contributed by atoms with Crippen LogP contribution in [0.15, 0.2) is 36.7 Å². The molecular formula is C20H26N4O. The normalized spacial score (nSPS) is 18.2. The summed E-state index contributed by atoms with van der Waals surface area (Å²) in [5, 5.41) is 8.38. The number of carbonyl (C=O) groups excluding carboxylic acids is 1. The minimum Gasteiger partial charge on any atom is -0.338 e. The van der Waals surface area contributed by atoms with Gasteiger partial charge in [-0.05, 0) is 45.3 Å². The van der Waals surface area contributed by atoms with E-state index < -0.39 is 0 Å². The van der Waals surface area contributed by atoms with Crippen molar-refractivity contribution in [1.29, 1.82) is 0 Å². The van der Waals surface area contributed by atoms with E-state index in [1.807, 2.05) is 23.1 Å². The lowest BCUT2D eigenvalue weighted by Gasteiger charge is -2.32. The highest BCUT2D eigenvalue weighted by Crippen LogP contribution is 2.27. The molecule has 1 amide bonds. The van der Waals surface area contributed by atoms with E-state index in [1.54, 1.807) is 12.4 Å². The number of hydrogen-bond acceptors (Lipinski definition) is 3. The summed E-state index contributed by atoms with van der Waals surface area (Å²) in [6.07, 6.45) is 7.43. The number of likely N-dealkylation sites (tertiary alicyclic amines) is 1. The fourth-order valence-corrected chi connectivity index (χ4v) is 3.38. The number of aromatic nitrogens is 3. The maximum atomic E-state index is 12.6. The molecule has 0 N–H and O–H groups in total. The summed E-state index contributed by atoms with van der Waals surface area (Å²) in [6.45, 7) is 7.83. The SMILES string of the molecule is Cc1cccc(/C=C/C(=O)N2CCCC(c3nncn3C(C)C)C2)c1. The van der Waals surface area contributed by atoms with Crippen LogP contribution in [0.5, 0.6) is 0 Å². The number of hydrogen-bond donors (Lipinski definition) is 0. The lowest BCUT2D eigenvalue weighted by molar-refractivity contribution is -0.127. The van der Waals surface area contributed by atoms with Crippen LogP contribution in [0.25, 0.3) is 6.08 Å². The average Bonchev–Trinajstić information content (AvgIpc) is 3.10. The minimum absolute atomic E-state index is 0.0711. The van der Waals surface area contributed by atoms with Crippen LogP contribution in [0.2, 0.25) is 0 Å². The smallest absolute Gasteiger partial charge is 0.246 e. The van der Waals surface area contributed by atoms with Crippen LogP contribution in [0.4, 0.5) is 0 Å². The van der Waals surface area contributed by atoms with Crippen LogP contribution in [0.3, 0.4) is 0 Å². The second-order valence-corrected chi connectivity index (χ2v) is 7.06. The molecular weight excluding hydrogens is 312 g/mol. The van der Waals surface area contributed by atoms with Crippen molar-refractivity contribution in [2.24, 2.45) is 0 Å². The zero-order chi connectivity index (χ0) is 17.8. The van der Waals surface area contributed by atoms with Gasteiger partial charge in [0.15, 0.2) is 0 Å². The fraction of sp³-hybridized carbons (Fsp3) is 0.450. The molecule has 1 aromatic heterocycles. The summed E-state index contributed by atoms with van der Waals surface area (Å²) in [5.74, 6) is 1.33. The summed E-state index contributed by atoms with van der Waals surface area (Å²) < 4.78 is 2.11. The maximum Gasteiger partial charge on any atom is 0.246 e. The molecule has 5 heteroatoms. The van der Waals surface area contributed by atoms with Gasteiger partial charge in [-0.25, -0.2) is 0 Å². The Morgan fingerprint density at radius 3 is 2.96 bits per heavy atom. The predicted molar refractivity (Wildman–Crippen MR) is 99.2 cm³/mol. The van der Waals surface area contributed by atoms with Crippen molar-refractivity contribution in [3.8, 4) is 0 Å². The van der Waals surface area contributed by atoms with Gasteiger partial charge >= 0.3 is 0 Å². The van der Waals surface area contributed by atoms with E-state index in [1.165, 1.54) is 5.56 Å². The van der Waals surface area contributed by atoms with Gasteiger partial charge in [0.05, 0.1) is 0 Å². The minimum atomic E-state index is 0.0711. The van der Waals surface area contributed by atoms with Crippen molar-refractivity contribution in [3.63, 3.8) is 0 Å². The van der Waals surface area contributed by atoms with Gasteiger partial charge in [-0.1, -0.05) is 29.8 Å². The molecule has 0 saturated carbocycles. The number of aryl methyl sites for hydroxylation is 1. The molecule has 3 rings (SSSR count). The van der Waals surface area contributed by atoms with Crippen molar-refractivity contribution >= 4 is 12.0 Å². The van der Waals surface area contributed by atoms with Crippen LogP contribution in [-0.4, -0.2) is 38.7 Å². The maximum absolute atomic E-state index is 12.6. The van der Waals surface area contributed by atoms with Gasteiger partial charge in [-0.3, -0.25) is 4.79 Å². The van der Waals surface area contributed by atoms with Gasteiger partial charge in [-0.15, -0.1) is 10.2 Å². The largest absolute Gasteiger partial charge is 0.338 e. The van der Waals surface area contributed by atoms with E-state index >= 15 is 0 Å². The topological polar surface area (TPSA) is 51.0 Å². The lowest BCUT2D eigenvalue weighted by Crippen LogP contribution is -2.39. The Hall–Kier alpha value is -2.43. The van der Waals surface area contributed by atoms with Gasteiger partial charge in [0.25, 0.3) is 0 Å². The molecule has 0 radical (unpaired) electrons. The Morgan fingerprint density at radius 1 is 1.36 bits per heavy atom. The first-order valence-electron chi connectivity index (χ1n) is 8.97. The molecule has 1 aliphatic heterocycles. The Labute approximate surface area is 149 Å². The fourth-order valence-electron chi connectivity index (χ4n) is 3.38. The highest BCUT2D eigenvalue weighted by molar-refractivity contribution is 5.91. The molecule has 0 aliphatic carbocycles. The molecule has 1 aromatic carbocycles. The van der Waals surface area contributed by atoms with E-state index in [9.17, 15) is 4.79 Å². The van der Waals surface area contributed by atoms with Crippen molar-refractivity contribution < 1.29 is 4.79 Å². The quantitative estimate of drug-likeness (QED) is 0.801. The Kier molecular flexibility index (Phi) is 5.31. The average molecular weight is 338 g/mol. The summed E-state index contributed by atoms with van der Waals surface area (Å²) in [7, 11) is 0. The van der Waals surface area contributed by atoms with E-state index in [-0.39, 0.29) is 11.8 Å². The third-order valence-corrected chi connectivity index (χ3v) is 4.72. The third kappa shape index (κ3) is 4.16. The van der Waals surface area contributed by atoms with Gasteiger partial charge in [-0.2, -0.15) is 0 Å². The number of piperidine rings is 1. The van der Waals surface area contributed by atoms with E-state index in [4.69, 9.17) is 0 Å². The van der Waals surface area contributed by atoms with Crippen molar-refractivity contribution in [1.82, 2.24) is 19.7 Å². The Bertz CT molecular complexity index is 763. The molecule has 1 aliphatic rings. The van der Waals surface area contributed by atoms with Gasteiger partial charge < -0.3 is 9.47 Å². The van der Waals surface area contributed by atoms with E-state index in [0.29, 0.717) is 12.6 Å². The first-order valence-corrected chi connectivity index (χ1v) is 8.97. The number of nitrogens with zero attached hydrogens (tertiary/aromatic N) is 4. The van der Waals surface area contributed by atoms with Gasteiger partial charge in [0.2, 0.25) is 5.91 Å². The molecule has 1 atom stereocenters. The molecule has 5 nitrogen and oxygen atoms in total. The van der Waals surface area contributed by atoms with Crippen LogP contribution < -0.4 is 0 Å². The summed E-state index contributed by atoms with van der Waals surface area (Å²) in [4.78, 5) is 14.5. The highest BCUT2D eigenvalue weighted by Gasteiger charge is 2.27. The summed E-state index contributed by atoms with van der Waals surface area (Å²) in [6, 6.07) is 8.49. The van der Waals surface area contributed by atoms with Crippen LogP contribution in [0.1, 0.15) is 55.6 Å². The number of amides is 1. The zero-order valence-corrected chi connectivity index (χ0v) is 15.2. The Balaban J connectivity index is 1.68. The van der Waals surface area contributed by atoms with Crippen molar-refractivity contribution in [3.05, 3.63) is 53.6 Å². The Morgan fingerprint density at radius 2 is 2.20 bits per heavy atom. The van der Waals surface area contributed by atoms with Crippen molar-refractivity contribution in [2.75, 3.05) is 13.1 Å². The molecule has 2 heterocycles. The number of rotatable bonds is 4. The third-order valence-electron chi connectivity index (χ3n) is 4.72. The van der Waals surface area contributed by atoms with Crippen LogP contribution in [-0.2, 0) is 4.79 Å². The molecule has 0 spiro atoms. The second-order valence-electron chi connectivity index (χ2n) is 7.06. The molecule has 25 heavy (non-hydrogen) atoms. The van der Waals surface area contributed by atoms with Gasteiger partial charge in [0.1, 0.15) is 12.2 Å². The summed E-state index contributed by atoms with van der Waals surface area (Å²) in [5.41, 5.74) is 2.25. The van der Waals surface area contributed by atoms with Gasteiger partial charge in [0, 0.05) is 31.1 Å². The van der Waals surface area contributed by atoms with Crippen LogP contribution >= 0.6 is 0 Å². The molecule has 1 unspecified atom stereocenters. The number of carbonyl (C=O) groups is 1. The molecule has 1 fully saturated rings.